The van der Waals surface area contributed by atoms with Gasteiger partial charge in [-0.3, -0.25) is 4.79 Å². The van der Waals surface area contributed by atoms with E-state index in [4.69, 9.17) is 9.47 Å². The maximum Gasteiger partial charge on any atom is 0.331 e. The van der Waals surface area contributed by atoms with Crippen molar-refractivity contribution in [3.8, 4) is 5.75 Å². The number of carbonyl (C=O) groups excluding carboxylic acids is 2. The quantitative estimate of drug-likeness (QED) is 0.616. The van der Waals surface area contributed by atoms with Crippen molar-refractivity contribution in [2.45, 2.75) is 13.8 Å². The molecule has 0 aliphatic rings. The molecule has 0 heterocycles. The summed E-state index contributed by atoms with van der Waals surface area (Å²) in [5.74, 6) is 0.209. The average Bonchev–Trinajstić information content (AvgIpc) is 2.49. The van der Waals surface area contributed by atoms with Crippen LogP contribution in [-0.2, 0) is 14.3 Å². The van der Waals surface area contributed by atoms with Crippen LogP contribution in [0.2, 0.25) is 0 Å². The molecule has 0 radical (unpaired) electrons. The van der Waals surface area contributed by atoms with Crippen molar-refractivity contribution in [2.24, 2.45) is 5.92 Å². The highest BCUT2D eigenvalue weighted by molar-refractivity contribution is 5.89. The van der Waals surface area contributed by atoms with Crippen molar-refractivity contribution in [2.75, 3.05) is 20.3 Å². The molecular weight excluding hydrogens is 270 g/mol. The van der Waals surface area contributed by atoms with Crippen LogP contribution in [0.15, 0.2) is 30.3 Å². The Bertz CT molecular complexity index is 509. The van der Waals surface area contributed by atoms with E-state index in [0.29, 0.717) is 18.2 Å². The fourth-order valence-electron chi connectivity index (χ4n) is 1.46. The molecule has 5 nitrogen and oxygen atoms in total. The molecule has 1 aromatic carbocycles. The van der Waals surface area contributed by atoms with Gasteiger partial charge in [0.15, 0.2) is 6.61 Å². The van der Waals surface area contributed by atoms with Crippen molar-refractivity contribution in [1.29, 1.82) is 0 Å². The molecule has 0 aliphatic heterocycles. The SMILES string of the molecule is COc1cccc(/C=C/C(=O)OCC(=O)NCC(C)C)c1. The second kappa shape index (κ2) is 8.79. The Kier molecular flexibility index (Phi) is 7.01. The van der Waals surface area contributed by atoms with Gasteiger partial charge in [-0.05, 0) is 29.7 Å². The molecular formula is C16H21NO4. The monoisotopic (exact) mass is 291 g/mol. The summed E-state index contributed by atoms with van der Waals surface area (Å²) in [5, 5.41) is 2.67. The van der Waals surface area contributed by atoms with E-state index < -0.39 is 5.97 Å². The van der Waals surface area contributed by atoms with Crippen LogP contribution in [-0.4, -0.2) is 32.1 Å². The number of hydrogen-bond acceptors (Lipinski definition) is 4. The van der Waals surface area contributed by atoms with E-state index in [2.05, 4.69) is 5.32 Å². The van der Waals surface area contributed by atoms with Crippen molar-refractivity contribution < 1.29 is 19.1 Å². The van der Waals surface area contributed by atoms with E-state index in [1.54, 1.807) is 19.3 Å². The molecule has 0 spiro atoms. The number of esters is 1. The van der Waals surface area contributed by atoms with Gasteiger partial charge < -0.3 is 14.8 Å². The smallest absolute Gasteiger partial charge is 0.331 e. The first-order valence-electron chi connectivity index (χ1n) is 6.77. The number of ether oxygens (including phenoxy) is 2. The van der Waals surface area contributed by atoms with Gasteiger partial charge >= 0.3 is 5.97 Å². The molecule has 0 aromatic heterocycles. The fraction of sp³-hybridized carbons (Fsp3) is 0.375. The first-order chi connectivity index (χ1) is 10.0. The predicted octanol–water partition coefficient (Wildman–Crippen LogP) is 2.02. The number of rotatable bonds is 7. The molecule has 1 amide bonds. The van der Waals surface area contributed by atoms with Gasteiger partial charge in [0.2, 0.25) is 0 Å². The molecule has 5 heteroatoms. The van der Waals surface area contributed by atoms with Gasteiger partial charge in [0.25, 0.3) is 5.91 Å². The Labute approximate surface area is 124 Å². The predicted molar refractivity (Wildman–Crippen MR) is 80.8 cm³/mol. The van der Waals surface area contributed by atoms with Gasteiger partial charge in [-0.25, -0.2) is 4.79 Å². The zero-order valence-corrected chi connectivity index (χ0v) is 12.6. The third kappa shape index (κ3) is 7.15. The van der Waals surface area contributed by atoms with E-state index in [-0.39, 0.29) is 12.5 Å². The van der Waals surface area contributed by atoms with Gasteiger partial charge in [0.1, 0.15) is 5.75 Å². The summed E-state index contributed by atoms with van der Waals surface area (Å²) in [4.78, 5) is 22.9. The lowest BCUT2D eigenvalue weighted by Gasteiger charge is -2.07. The van der Waals surface area contributed by atoms with Gasteiger partial charge in [-0.2, -0.15) is 0 Å². The van der Waals surface area contributed by atoms with Gasteiger partial charge in [-0.1, -0.05) is 26.0 Å². The number of carbonyl (C=O) groups is 2. The van der Waals surface area contributed by atoms with E-state index in [9.17, 15) is 9.59 Å². The van der Waals surface area contributed by atoms with E-state index in [1.165, 1.54) is 6.08 Å². The molecule has 0 unspecified atom stereocenters. The highest BCUT2D eigenvalue weighted by atomic mass is 16.5. The number of nitrogens with one attached hydrogen (secondary N) is 1. The largest absolute Gasteiger partial charge is 0.497 e. The second-order valence-electron chi connectivity index (χ2n) is 4.92. The maximum absolute atomic E-state index is 11.5. The summed E-state index contributed by atoms with van der Waals surface area (Å²) in [6.45, 7) is 4.27. The van der Waals surface area contributed by atoms with Crippen LogP contribution >= 0.6 is 0 Å². The average molecular weight is 291 g/mol. The Morgan fingerprint density at radius 1 is 1.33 bits per heavy atom. The molecule has 114 valence electrons. The van der Waals surface area contributed by atoms with Crippen LogP contribution in [0.5, 0.6) is 5.75 Å². The number of benzene rings is 1. The zero-order valence-electron chi connectivity index (χ0n) is 12.6. The molecule has 1 rings (SSSR count). The summed E-state index contributed by atoms with van der Waals surface area (Å²) < 4.78 is 9.93. The first kappa shape index (κ1) is 16.8. The summed E-state index contributed by atoms with van der Waals surface area (Å²) in [6, 6.07) is 7.26. The lowest BCUT2D eigenvalue weighted by Crippen LogP contribution is -2.31. The highest BCUT2D eigenvalue weighted by Crippen LogP contribution is 2.13. The molecule has 1 N–H and O–H groups in total. The maximum atomic E-state index is 11.5. The minimum absolute atomic E-state index is 0.270. The second-order valence-corrected chi connectivity index (χ2v) is 4.92. The molecule has 0 atom stereocenters. The number of amides is 1. The zero-order chi connectivity index (χ0) is 15.7. The topological polar surface area (TPSA) is 64.6 Å². The van der Waals surface area contributed by atoms with Gasteiger partial charge in [0, 0.05) is 12.6 Å². The first-order valence-corrected chi connectivity index (χ1v) is 6.77. The Hall–Kier alpha value is -2.30. The van der Waals surface area contributed by atoms with Crippen LogP contribution in [0.1, 0.15) is 19.4 Å². The van der Waals surface area contributed by atoms with Crippen LogP contribution in [0.4, 0.5) is 0 Å². The van der Waals surface area contributed by atoms with Crippen LogP contribution in [0, 0.1) is 5.92 Å². The Balaban J connectivity index is 2.39. The number of hydrogen-bond donors (Lipinski definition) is 1. The normalized spacial score (nSPS) is 10.7. The molecule has 0 aliphatic carbocycles. The van der Waals surface area contributed by atoms with Crippen molar-refractivity contribution in [3.63, 3.8) is 0 Å². The van der Waals surface area contributed by atoms with E-state index in [1.807, 2.05) is 32.0 Å². The Morgan fingerprint density at radius 3 is 2.76 bits per heavy atom. The summed E-state index contributed by atoms with van der Waals surface area (Å²) in [6.07, 6.45) is 2.89. The van der Waals surface area contributed by atoms with Crippen molar-refractivity contribution in [1.82, 2.24) is 5.32 Å². The third-order valence-corrected chi connectivity index (χ3v) is 2.56. The summed E-state index contributed by atoms with van der Waals surface area (Å²) in [7, 11) is 1.58. The van der Waals surface area contributed by atoms with Crippen LogP contribution < -0.4 is 10.1 Å². The Morgan fingerprint density at radius 2 is 2.10 bits per heavy atom. The molecule has 0 bridgehead atoms. The minimum atomic E-state index is -0.558. The van der Waals surface area contributed by atoms with Crippen LogP contribution in [0.25, 0.3) is 6.08 Å². The third-order valence-electron chi connectivity index (χ3n) is 2.56. The van der Waals surface area contributed by atoms with E-state index in [0.717, 1.165) is 5.56 Å². The molecule has 0 saturated heterocycles. The van der Waals surface area contributed by atoms with Gasteiger partial charge in [0.05, 0.1) is 7.11 Å². The minimum Gasteiger partial charge on any atom is -0.497 e. The molecule has 0 saturated carbocycles. The van der Waals surface area contributed by atoms with Gasteiger partial charge in [-0.15, -0.1) is 0 Å². The van der Waals surface area contributed by atoms with Crippen molar-refractivity contribution in [3.05, 3.63) is 35.9 Å². The standard InChI is InChI=1S/C16H21NO4/c1-12(2)10-17-15(18)11-21-16(19)8-7-13-5-4-6-14(9-13)20-3/h4-9,12H,10-11H2,1-3H3,(H,17,18)/b8-7+. The molecule has 0 fully saturated rings. The number of methoxy groups -OCH3 is 1. The van der Waals surface area contributed by atoms with E-state index >= 15 is 0 Å². The fourth-order valence-corrected chi connectivity index (χ4v) is 1.46. The lowest BCUT2D eigenvalue weighted by atomic mass is 10.2. The summed E-state index contributed by atoms with van der Waals surface area (Å²) >= 11 is 0. The summed E-state index contributed by atoms with van der Waals surface area (Å²) in [5.41, 5.74) is 0.815. The lowest BCUT2D eigenvalue weighted by molar-refractivity contribution is -0.143. The van der Waals surface area contributed by atoms with Crippen molar-refractivity contribution >= 4 is 18.0 Å². The highest BCUT2D eigenvalue weighted by Gasteiger charge is 2.05. The van der Waals surface area contributed by atoms with Crippen LogP contribution in [0.3, 0.4) is 0 Å². The molecule has 1 aromatic rings. The molecule has 21 heavy (non-hydrogen) atoms.